The topological polar surface area (TPSA) is 33.1 Å². The van der Waals surface area contributed by atoms with Gasteiger partial charge in [0.15, 0.2) is 0 Å². The third-order valence-electron chi connectivity index (χ3n) is 1.58. The van der Waals surface area contributed by atoms with Crippen molar-refractivity contribution in [3.63, 3.8) is 0 Å². The average Bonchev–Trinajstić information content (AvgIpc) is 2.77. The van der Waals surface area contributed by atoms with Crippen molar-refractivity contribution in [2.24, 2.45) is 0 Å². The van der Waals surface area contributed by atoms with Crippen LogP contribution in [0.15, 0.2) is 28.5 Å². The molecule has 0 radical (unpaired) electrons. The van der Waals surface area contributed by atoms with Gasteiger partial charge in [-0.2, -0.15) is 11.3 Å². The smallest absolute Gasteiger partial charge is 0.116 e. The molecule has 0 saturated carbocycles. The van der Waals surface area contributed by atoms with E-state index in [1.165, 1.54) is 11.3 Å². The van der Waals surface area contributed by atoms with Crippen molar-refractivity contribution in [1.82, 2.24) is 4.98 Å². The molecule has 12 heavy (non-hydrogen) atoms. The summed E-state index contributed by atoms with van der Waals surface area (Å²) in [5.74, 6) is 0. The summed E-state index contributed by atoms with van der Waals surface area (Å²) in [5, 5.41) is 13.7. The van der Waals surface area contributed by atoms with Gasteiger partial charge < -0.3 is 5.11 Å². The van der Waals surface area contributed by atoms with Crippen LogP contribution >= 0.6 is 22.7 Å². The van der Waals surface area contributed by atoms with Crippen LogP contribution in [0.5, 0.6) is 0 Å². The van der Waals surface area contributed by atoms with E-state index in [2.05, 4.69) is 4.98 Å². The molecule has 0 spiro atoms. The van der Waals surface area contributed by atoms with Gasteiger partial charge in [0.2, 0.25) is 0 Å². The molecule has 2 heterocycles. The van der Waals surface area contributed by atoms with E-state index in [1.807, 2.05) is 16.8 Å². The lowest BCUT2D eigenvalue weighted by Gasteiger charge is -2.03. The van der Waals surface area contributed by atoms with Crippen molar-refractivity contribution in [2.45, 2.75) is 6.10 Å². The lowest BCUT2D eigenvalue weighted by molar-refractivity contribution is 0.224. The van der Waals surface area contributed by atoms with E-state index < -0.39 is 6.10 Å². The fourth-order valence-corrected chi connectivity index (χ4v) is 2.26. The van der Waals surface area contributed by atoms with Gasteiger partial charge in [0, 0.05) is 6.20 Å². The molecule has 1 N–H and O–H groups in total. The van der Waals surface area contributed by atoms with Gasteiger partial charge in [0.1, 0.15) is 6.10 Å². The van der Waals surface area contributed by atoms with E-state index in [4.69, 9.17) is 0 Å². The Morgan fingerprint density at radius 3 is 3.00 bits per heavy atom. The van der Waals surface area contributed by atoms with Crippen LogP contribution in [0.25, 0.3) is 0 Å². The monoisotopic (exact) mass is 197 g/mol. The standard InChI is InChI=1S/C8H7NOS2/c10-8(6-1-2-11-4-6)7-3-9-5-12-7/h1-5,8,10H. The molecule has 0 saturated heterocycles. The van der Waals surface area contributed by atoms with Crippen LogP contribution in [0, 0.1) is 0 Å². The van der Waals surface area contributed by atoms with Crippen LogP contribution < -0.4 is 0 Å². The number of aliphatic hydroxyl groups is 1. The SMILES string of the molecule is OC(c1ccsc1)c1cncs1. The molecule has 1 atom stereocenters. The Hall–Kier alpha value is -0.710. The van der Waals surface area contributed by atoms with Crippen LogP contribution in [-0.2, 0) is 0 Å². The van der Waals surface area contributed by atoms with Crippen LogP contribution in [-0.4, -0.2) is 10.1 Å². The minimum atomic E-state index is -0.497. The Morgan fingerprint density at radius 1 is 1.50 bits per heavy atom. The summed E-state index contributed by atoms with van der Waals surface area (Å²) in [6, 6.07) is 1.93. The van der Waals surface area contributed by atoms with Gasteiger partial charge in [-0.1, -0.05) is 0 Å². The number of rotatable bonds is 2. The van der Waals surface area contributed by atoms with Crippen LogP contribution in [0.3, 0.4) is 0 Å². The lowest BCUT2D eigenvalue weighted by atomic mass is 10.2. The number of thiazole rings is 1. The molecular weight excluding hydrogens is 190 g/mol. The normalized spacial score (nSPS) is 13.1. The molecule has 0 aliphatic heterocycles. The van der Waals surface area contributed by atoms with Crippen molar-refractivity contribution >= 4 is 22.7 Å². The van der Waals surface area contributed by atoms with Crippen LogP contribution in [0.1, 0.15) is 16.5 Å². The Balaban J connectivity index is 2.27. The first-order valence-corrected chi connectivity index (χ1v) is 5.28. The largest absolute Gasteiger partial charge is 0.383 e. The molecule has 0 bridgehead atoms. The molecule has 0 aromatic carbocycles. The van der Waals surface area contributed by atoms with Gasteiger partial charge in [-0.3, -0.25) is 4.98 Å². The summed E-state index contributed by atoms with van der Waals surface area (Å²) >= 11 is 3.06. The van der Waals surface area contributed by atoms with E-state index in [0.29, 0.717) is 0 Å². The summed E-state index contributed by atoms with van der Waals surface area (Å²) in [6.07, 6.45) is 1.20. The molecule has 2 rings (SSSR count). The van der Waals surface area contributed by atoms with Crippen LogP contribution in [0.2, 0.25) is 0 Å². The van der Waals surface area contributed by atoms with Crippen molar-refractivity contribution in [3.05, 3.63) is 39.0 Å². The highest BCUT2D eigenvalue weighted by Crippen LogP contribution is 2.25. The number of aromatic nitrogens is 1. The zero-order valence-electron chi connectivity index (χ0n) is 6.18. The van der Waals surface area contributed by atoms with E-state index >= 15 is 0 Å². The molecule has 1 unspecified atom stereocenters. The van der Waals surface area contributed by atoms with Gasteiger partial charge in [0.05, 0.1) is 10.4 Å². The minimum absolute atomic E-state index is 0.497. The summed E-state index contributed by atoms with van der Waals surface area (Å²) < 4.78 is 0. The molecule has 4 heteroatoms. The molecule has 2 aromatic rings. The van der Waals surface area contributed by atoms with E-state index in [-0.39, 0.29) is 0 Å². The molecular formula is C8H7NOS2. The van der Waals surface area contributed by atoms with Crippen molar-refractivity contribution in [1.29, 1.82) is 0 Å². The predicted molar refractivity (Wildman–Crippen MR) is 50.5 cm³/mol. The fourth-order valence-electron chi connectivity index (χ4n) is 0.956. The van der Waals surface area contributed by atoms with E-state index in [1.54, 1.807) is 23.0 Å². The predicted octanol–water partition coefficient (Wildman–Crippen LogP) is 2.29. The fraction of sp³-hybridized carbons (Fsp3) is 0.125. The van der Waals surface area contributed by atoms with Gasteiger partial charge in [0.25, 0.3) is 0 Å². The minimum Gasteiger partial charge on any atom is -0.383 e. The third kappa shape index (κ3) is 1.41. The van der Waals surface area contributed by atoms with Gasteiger partial charge in [-0.25, -0.2) is 0 Å². The zero-order valence-corrected chi connectivity index (χ0v) is 7.81. The van der Waals surface area contributed by atoms with Crippen LogP contribution in [0.4, 0.5) is 0 Å². The second-order valence-electron chi connectivity index (χ2n) is 2.36. The molecule has 2 aromatic heterocycles. The van der Waals surface area contributed by atoms with E-state index in [9.17, 15) is 5.11 Å². The molecule has 0 fully saturated rings. The third-order valence-corrected chi connectivity index (χ3v) is 3.11. The number of nitrogens with zero attached hydrogens (tertiary/aromatic N) is 1. The second kappa shape index (κ2) is 3.35. The first kappa shape index (κ1) is 7.91. The quantitative estimate of drug-likeness (QED) is 0.801. The molecule has 0 amide bonds. The van der Waals surface area contributed by atoms with E-state index in [0.717, 1.165) is 10.4 Å². The zero-order chi connectivity index (χ0) is 8.39. The molecule has 62 valence electrons. The highest BCUT2D eigenvalue weighted by atomic mass is 32.1. The lowest BCUT2D eigenvalue weighted by Crippen LogP contribution is -1.93. The Kier molecular flexibility index (Phi) is 2.21. The highest BCUT2D eigenvalue weighted by molar-refractivity contribution is 7.09. The highest BCUT2D eigenvalue weighted by Gasteiger charge is 2.11. The van der Waals surface area contributed by atoms with Gasteiger partial charge in [-0.05, 0) is 22.4 Å². The maximum absolute atomic E-state index is 9.75. The Morgan fingerprint density at radius 2 is 2.42 bits per heavy atom. The first-order valence-electron chi connectivity index (χ1n) is 3.46. The first-order chi connectivity index (χ1) is 5.88. The second-order valence-corrected chi connectivity index (χ2v) is 4.06. The molecule has 0 aliphatic carbocycles. The number of hydrogen-bond acceptors (Lipinski definition) is 4. The average molecular weight is 197 g/mol. The summed E-state index contributed by atoms with van der Waals surface area (Å²) in [7, 11) is 0. The number of hydrogen-bond donors (Lipinski definition) is 1. The van der Waals surface area contributed by atoms with Gasteiger partial charge >= 0.3 is 0 Å². The van der Waals surface area contributed by atoms with Gasteiger partial charge in [-0.15, -0.1) is 11.3 Å². The summed E-state index contributed by atoms with van der Waals surface area (Å²) in [5.41, 5.74) is 2.68. The maximum atomic E-state index is 9.75. The number of aliphatic hydroxyl groups excluding tert-OH is 1. The summed E-state index contributed by atoms with van der Waals surface area (Å²) in [6.45, 7) is 0. The molecule has 0 aliphatic rings. The van der Waals surface area contributed by atoms with Crippen molar-refractivity contribution < 1.29 is 5.11 Å². The maximum Gasteiger partial charge on any atom is 0.116 e. The molecule has 2 nitrogen and oxygen atoms in total. The van der Waals surface area contributed by atoms with Crippen molar-refractivity contribution in [2.75, 3.05) is 0 Å². The summed E-state index contributed by atoms with van der Waals surface area (Å²) in [4.78, 5) is 4.81. The Labute approximate surface area is 78.1 Å². The number of thiophene rings is 1. The Bertz CT molecular complexity index is 294. The van der Waals surface area contributed by atoms with Crippen molar-refractivity contribution in [3.8, 4) is 0 Å².